The molecule has 20 heavy (non-hydrogen) atoms. The van der Waals surface area contributed by atoms with Crippen LogP contribution in [0.15, 0.2) is 48.5 Å². The lowest BCUT2D eigenvalue weighted by atomic mass is 10.1. The van der Waals surface area contributed by atoms with Gasteiger partial charge in [0, 0.05) is 29.2 Å². The molecule has 2 aromatic carbocycles. The van der Waals surface area contributed by atoms with E-state index in [2.05, 4.69) is 10.2 Å². The van der Waals surface area contributed by atoms with Crippen molar-refractivity contribution in [2.45, 2.75) is 6.42 Å². The van der Waals surface area contributed by atoms with E-state index in [1.54, 1.807) is 0 Å². The zero-order chi connectivity index (χ0) is 13.9. The number of anilines is 3. The first-order chi connectivity index (χ1) is 9.74. The van der Waals surface area contributed by atoms with Crippen molar-refractivity contribution >= 4 is 23.0 Å². The Hall–Kier alpha value is -2.49. The smallest absolute Gasteiger partial charge is 0.243 e. The Bertz CT molecular complexity index is 625. The van der Waals surface area contributed by atoms with Crippen molar-refractivity contribution < 1.29 is 4.79 Å². The van der Waals surface area contributed by atoms with Gasteiger partial charge in [-0.05, 0) is 30.7 Å². The van der Waals surface area contributed by atoms with Gasteiger partial charge in [-0.1, -0.05) is 24.3 Å². The van der Waals surface area contributed by atoms with Gasteiger partial charge < -0.3 is 16.0 Å². The van der Waals surface area contributed by atoms with Crippen molar-refractivity contribution in [3.05, 3.63) is 54.1 Å². The molecule has 0 unspecified atom stereocenters. The number of nitrogens with one attached hydrogen (secondary N) is 1. The van der Waals surface area contributed by atoms with Gasteiger partial charge in [0.2, 0.25) is 5.91 Å². The summed E-state index contributed by atoms with van der Waals surface area (Å²) in [6.07, 6.45) is 0.903. The molecule has 1 heterocycles. The highest BCUT2D eigenvalue weighted by Gasteiger charge is 2.22. The van der Waals surface area contributed by atoms with E-state index in [9.17, 15) is 4.79 Å². The van der Waals surface area contributed by atoms with Crippen molar-refractivity contribution in [1.82, 2.24) is 0 Å². The van der Waals surface area contributed by atoms with Gasteiger partial charge >= 0.3 is 0 Å². The summed E-state index contributed by atoms with van der Waals surface area (Å²) in [7, 11) is 0. The molecule has 3 rings (SSSR count). The van der Waals surface area contributed by atoms with Gasteiger partial charge in [-0.25, -0.2) is 0 Å². The van der Waals surface area contributed by atoms with E-state index in [0.717, 1.165) is 35.6 Å². The molecule has 0 saturated carbocycles. The van der Waals surface area contributed by atoms with Crippen LogP contribution in [0, 0.1) is 0 Å². The van der Waals surface area contributed by atoms with E-state index < -0.39 is 0 Å². The second-order valence-corrected chi connectivity index (χ2v) is 4.93. The molecule has 0 saturated heterocycles. The summed E-state index contributed by atoms with van der Waals surface area (Å²) >= 11 is 0. The van der Waals surface area contributed by atoms with E-state index in [1.165, 1.54) is 0 Å². The predicted molar refractivity (Wildman–Crippen MR) is 81.8 cm³/mol. The van der Waals surface area contributed by atoms with Crippen molar-refractivity contribution in [2.24, 2.45) is 0 Å². The maximum Gasteiger partial charge on any atom is 0.243 e. The molecule has 0 aliphatic carbocycles. The fourth-order valence-corrected chi connectivity index (χ4v) is 2.59. The van der Waals surface area contributed by atoms with Crippen LogP contribution < -0.4 is 16.0 Å². The van der Waals surface area contributed by atoms with Gasteiger partial charge in [0.25, 0.3) is 0 Å². The van der Waals surface area contributed by atoms with Gasteiger partial charge in [-0.3, -0.25) is 4.79 Å². The molecule has 0 fully saturated rings. The fraction of sp³-hybridized carbons (Fsp3) is 0.188. The molecular formula is C16H17N3O. The molecule has 2 aromatic rings. The Balaban J connectivity index is 1.68. The van der Waals surface area contributed by atoms with Gasteiger partial charge in [0.15, 0.2) is 0 Å². The summed E-state index contributed by atoms with van der Waals surface area (Å²) in [5, 5.41) is 2.90. The van der Waals surface area contributed by atoms with Gasteiger partial charge in [0.05, 0.1) is 6.54 Å². The third-order valence-corrected chi connectivity index (χ3v) is 3.55. The molecule has 0 bridgehead atoms. The molecule has 1 aliphatic heterocycles. The third-order valence-electron chi connectivity index (χ3n) is 3.55. The summed E-state index contributed by atoms with van der Waals surface area (Å²) in [5.74, 6) is -0.00789. The van der Waals surface area contributed by atoms with Gasteiger partial charge in [0.1, 0.15) is 0 Å². The zero-order valence-electron chi connectivity index (χ0n) is 11.2. The second kappa shape index (κ2) is 5.25. The Morgan fingerprint density at radius 2 is 1.95 bits per heavy atom. The lowest BCUT2D eigenvalue weighted by Gasteiger charge is -2.19. The number of nitrogens with two attached hydrogens (primary N) is 1. The van der Waals surface area contributed by atoms with E-state index in [4.69, 9.17) is 5.73 Å². The topological polar surface area (TPSA) is 58.4 Å². The number of hydrogen-bond acceptors (Lipinski definition) is 3. The van der Waals surface area contributed by atoms with Crippen molar-refractivity contribution in [1.29, 1.82) is 0 Å². The van der Waals surface area contributed by atoms with Crippen LogP contribution in [-0.4, -0.2) is 19.0 Å². The highest BCUT2D eigenvalue weighted by Crippen LogP contribution is 2.31. The number of amides is 1. The number of hydrogen-bond donors (Lipinski definition) is 2. The molecule has 0 aromatic heterocycles. The maximum absolute atomic E-state index is 12.1. The molecular weight excluding hydrogens is 250 g/mol. The van der Waals surface area contributed by atoms with Gasteiger partial charge in [-0.2, -0.15) is 0 Å². The number of para-hydroxylation sites is 1. The number of rotatable bonds is 3. The Morgan fingerprint density at radius 1 is 1.15 bits per heavy atom. The molecule has 4 nitrogen and oxygen atoms in total. The van der Waals surface area contributed by atoms with Crippen LogP contribution in [0.4, 0.5) is 17.1 Å². The van der Waals surface area contributed by atoms with Crippen molar-refractivity contribution in [3.63, 3.8) is 0 Å². The van der Waals surface area contributed by atoms with E-state index in [0.29, 0.717) is 6.54 Å². The average molecular weight is 267 g/mol. The van der Waals surface area contributed by atoms with Crippen LogP contribution in [0.3, 0.4) is 0 Å². The SMILES string of the molecule is Nc1cccc2c1CCN2CC(=O)Nc1ccccc1. The average Bonchev–Trinajstić information content (AvgIpc) is 2.84. The Labute approximate surface area is 118 Å². The van der Waals surface area contributed by atoms with Crippen LogP contribution in [0.1, 0.15) is 5.56 Å². The molecule has 0 atom stereocenters. The van der Waals surface area contributed by atoms with Crippen LogP contribution in [-0.2, 0) is 11.2 Å². The molecule has 102 valence electrons. The fourth-order valence-electron chi connectivity index (χ4n) is 2.59. The summed E-state index contributed by atoms with van der Waals surface area (Å²) in [6.45, 7) is 1.19. The summed E-state index contributed by atoms with van der Waals surface area (Å²) in [5.41, 5.74) is 9.83. The first-order valence-electron chi connectivity index (χ1n) is 6.71. The van der Waals surface area contributed by atoms with E-state index >= 15 is 0 Å². The number of fused-ring (bicyclic) bond motifs is 1. The lowest BCUT2D eigenvalue weighted by molar-refractivity contribution is -0.115. The van der Waals surface area contributed by atoms with Crippen molar-refractivity contribution in [3.8, 4) is 0 Å². The largest absolute Gasteiger partial charge is 0.398 e. The summed E-state index contributed by atoms with van der Waals surface area (Å²) in [4.78, 5) is 14.2. The molecule has 4 heteroatoms. The Morgan fingerprint density at radius 3 is 2.75 bits per heavy atom. The first-order valence-corrected chi connectivity index (χ1v) is 6.71. The number of nitrogens with zero attached hydrogens (tertiary/aromatic N) is 1. The van der Waals surface area contributed by atoms with Crippen LogP contribution >= 0.6 is 0 Å². The van der Waals surface area contributed by atoms with Gasteiger partial charge in [-0.15, -0.1) is 0 Å². The highest BCUT2D eigenvalue weighted by molar-refractivity contribution is 5.94. The normalized spacial score (nSPS) is 13.1. The third kappa shape index (κ3) is 2.45. The van der Waals surface area contributed by atoms with Crippen LogP contribution in [0.25, 0.3) is 0 Å². The summed E-state index contributed by atoms with van der Waals surface area (Å²) in [6, 6.07) is 15.4. The molecule has 0 spiro atoms. The number of benzene rings is 2. The Kier molecular flexibility index (Phi) is 3.29. The molecule has 1 amide bonds. The zero-order valence-corrected chi connectivity index (χ0v) is 11.2. The first kappa shape index (κ1) is 12.5. The highest BCUT2D eigenvalue weighted by atomic mass is 16.2. The molecule has 0 radical (unpaired) electrons. The minimum atomic E-state index is -0.00789. The minimum Gasteiger partial charge on any atom is -0.398 e. The van der Waals surface area contributed by atoms with E-state index in [1.807, 2.05) is 48.5 Å². The maximum atomic E-state index is 12.1. The van der Waals surface area contributed by atoms with Crippen LogP contribution in [0.5, 0.6) is 0 Å². The second-order valence-electron chi connectivity index (χ2n) is 4.93. The predicted octanol–water partition coefficient (Wildman–Crippen LogP) is 2.27. The quantitative estimate of drug-likeness (QED) is 0.839. The molecule has 1 aliphatic rings. The van der Waals surface area contributed by atoms with Crippen LogP contribution in [0.2, 0.25) is 0 Å². The van der Waals surface area contributed by atoms with Crippen molar-refractivity contribution in [2.75, 3.05) is 29.0 Å². The minimum absolute atomic E-state index is 0.00789. The number of carbonyl (C=O) groups excluding carboxylic acids is 1. The monoisotopic (exact) mass is 267 g/mol. The lowest BCUT2D eigenvalue weighted by Crippen LogP contribution is -2.31. The standard InChI is InChI=1S/C16H17N3O/c17-14-7-4-8-15-13(14)9-10-19(15)11-16(20)18-12-5-2-1-3-6-12/h1-8H,9-11,17H2,(H,18,20). The van der Waals surface area contributed by atoms with E-state index in [-0.39, 0.29) is 5.91 Å². The number of nitrogen functional groups attached to an aromatic ring is 1. The number of carbonyl (C=O) groups is 1. The summed E-state index contributed by atoms with van der Waals surface area (Å²) < 4.78 is 0. The molecule has 3 N–H and O–H groups in total.